The Bertz CT molecular complexity index is 540. The van der Waals surface area contributed by atoms with Crippen LogP contribution in [0.2, 0.25) is 5.02 Å². The molecule has 4 heteroatoms. The number of aldehydes is 1. The molecule has 0 amide bonds. The minimum absolute atomic E-state index is 0.377. The molecule has 0 bridgehead atoms. The molecule has 0 aliphatic rings. The van der Waals surface area contributed by atoms with Crippen molar-refractivity contribution in [1.29, 1.82) is 0 Å². The summed E-state index contributed by atoms with van der Waals surface area (Å²) in [5, 5.41) is 0.640. The quantitative estimate of drug-likeness (QED) is 0.748. The van der Waals surface area contributed by atoms with Gasteiger partial charge in [-0.05, 0) is 25.1 Å². The van der Waals surface area contributed by atoms with Gasteiger partial charge in [-0.3, -0.25) is 4.79 Å². The molecule has 2 aromatic rings. The highest BCUT2D eigenvalue weighted by atomic mass is 35.5. The van der Waals surface area contributed by atoms with E-state index in [0.717, 1.165) is 5.56 Å². The molecule has 0 spiro atoms. The number of carbonyl (C=O) groups excluding carboxylic acids is 1. The van der Waals surface area contributed by atoms with Crippen molar-refractivity contribution < 1.29 is 4.79 Å². The molecule has 0 unspecified atom stereocenters. The van der Waals surface area contributed by atoms with Gasteiger partial charge in [-0.1, -0.05) is 23.7 Å². The standard InChI is InChI=1S/C12H9ClN2O/c1-8-14-11(7-16)6-12(15-8)9-3-2-4-10(13)5-9/h2-7H,1H3. The van der Waals surface area contributed by atoms with Crippen LogP contribution in [0.1, 0.15) is 16.3 Å². The normalized spacial score (nSPS) is 10.1. The second kappa shape index (κ2) is 4.41. The van der Waals surface area contributed by atoms with Gasteiger partial charge in [0, 0.05) is 10.6 Å². The zero-order valence-electron chi connectivity index (χ0n) is 8.64. The molecule has 1 heterocycles. The third-order valence-electron chi connectivity index (χ3n) is 2.10. The fourth-order valence-electron chi connectivity index (χ4n) is 1.45. The number of halogens is 1. The van der Waals surface area contributed by atoms with Crippen LogP contribution in [0, 0.1) is 6.92 Å². The Hall–Kier alpha value is -1.74. The molecule has 1 aromatic heterocycles. The fraction of sp³-hybridized carbons (Fsp3) is 0.0833. The lowest BCUT2D eigenvalue weighted by Crippen LogP contribution is -1.96. The molecule has 80 valence electrons. The first-order valence-electron chi connectivity index (χ1n) is 4.76. The zero-order chi connectivity index (χ0) is 11.5. The monoisotopic (exact) mass is 232 g/mol. The van der Waals surface area contributed by atoms with Crippen LogP contribution in [0.4, 0.5) is 0 Å². The van der Waals surface area contributed by atoms with Crippen molar-refractivity contribution in [3.05, 3.63) is 46.9 Å². The molecular weight excluding hydrogens is 224 g/mol. The van der Waals surface area contributed by atoms with Gasteiger partial charge in [0.2, 0.25) is 0 Å². The summed E-state index contributed by atoms with van der Waals surface area (Å²) in [5.41, 5.74) is 1.96. The van der Waals surface area contributed by atoms with Crippen LogP contribution in [0.25, 0.3) is 11.3 Å². The average molecular weight is 233 g/mol. The maximum atomic E-state index is 10.7. The number of hydrogen-bond donors (Lipinski definition) is 0. The van der Waals surface area contributed by atoms with Gasteiger partial charge in [0.15, 0.2) is 6.29 Å². The molecule has 0 aliphatic heterocycles. The summed E-state index contributed by atoms with van der Waals surface area (Å²) in [5.74, 6) is 0.569. The molecule has 0 saturated carbocycles. The lowest BCUT2D eigenvalue weighted by Gasteiger charge is -2.03. The maximum absolute atomic E-state index is 10.7. The topological polar surface area (TPSA) is 42.9 Å². The van der Waals surface area contributed by atoms with Crippen molar-refractivity contribution in [2.45, 2.75) is 6.92 Å². The number of aryl methyl sites for hydroxylation is 1. The van der Waals surface area contributed by atoms with Crippen molar-refractivity contribution in [2.24, 2.45) is 0 Å². The van der Waals surface area contributed by atoms with Crippen LogP contribution in [0.15, 0.2) is 30.3 Å². The van der Waals surface area contributed by atoms with E-state index in [0.29, 0.717) is 28.5 Å². The Morgan fingerprint density at radius 3 is 2.75 bits per heavy atom. The highest BCUT2D eigenvalue weighted by molar-refractivity contribution is 6.30. The summed E-state index contributed by atoms with van der Waals surface area (Å²) < 4.78 is 0. The van der Waals surface area contributed by atoms with Gasteiger partial charge in [0.25, 0.3) is 0 Å². The highest BCUT2D eigenvalue weighted by Crippen LogP contribution is 2.21. The zero-order valence-corrected chi connectivity index (χ0v) is 9.40. The van der Waals surface area contributed by atoms with Crippen LogP contribution >= 0.6 is 11.6 Å². The van der Waals surface area contributed by atoms with E-state index in [9.17, 15) is 4.79 Å². The molecule has 0 aliphatic carbocycles. The van der Waals surface area contributed by atoms with E-state index in [1.807, 2.05) is 12.1 Å². The van der Waals surface area contributed by atoms with E-state index < -0.39 is 0 Å². The van der Waals surface area contributed by atoms with Crippen molar-refractivity contribution in [3.63, 3.8) is 0 Å². The minimum Gasteiger partial charge on any atom is -0.296 e. The van der Waals surface area contributed by atoms with Gasteiger partial charge in [-0.15, -0.1) is 0 Å². The largest absolute Gasteiger partial charge is 0.296 e. The third-order valence-corrected chi connectivity index (χ3v) is 2.33. The van der Waals surface area contributed by atoms with Crippen molar-refractivity contribution >= 4 is 17.9 Å². The molecule has 0 N–H and O–H groups in total. The second-order valence-electron chi connectivity index (χ2n) is 3.35. The van der Waals surface area contributed by atoms with Crippen molar-refractivity contribution in [3.8, 4) is 11.3 Å². The minimum atomic E-state index is 0.377. The van der Waals surface area contributed by atoms with Gasteiger partial charge in [0.1, 0.15) is 11.5 Å². The van der Waals surface area contributed by atoms with Gasteiger partial charge < -0.3 is 0 Å². The predicted molar refractivity (Wildman–Crippen MR) is 62.6 cm³/mol. The molecule has 2 rings (SSSR count). The number of aromatic nitrogens is 2. The van der Waals surface area contributed by atoms with Crippen LogP contribution in [-0.4, -0.2) is 16.3 Å². The first kappa shape index (κ1) is 10.8. The van der Waals surface area contributed by atoms with E-state index in [-0.39, 0.29) is 0 Å². The summed E-state index contributed by atoms with van der Waals surface area (Å²) in [6, 6.07) is 8.97. The molecule has 0 saturated heterocycles. The smallest absolute Gasteiger partial charge is 0.168 e. The Balaban J connectivity index is 2.55. The number of hydrogen-bond acceptors (Lipinski definition) is 3. The second-order valence-corrected chi connectivity index (χ2v) is 3.79. The Labute approximate surface area is 98.1 Å². The first-order chi connectivity index (χ1) is 7.69. The van der Waals surface area contributed by atoms with Gasteiger partial charge in [0.05, 0.1) is 5.69 Å². The van der Waals surface area contributed by atoms with Gasteiger partial charge >= 0.3 is 0 Å². The summed E-state index contributed by atoms with van der Waals surface area (Å²) in [4.78, 5) is 18.9. The predicted octanol–water partition coefficient (Wildman–Crippen LogP) is 2.92. The summed E-state index contributed by atoms with van der Waals surface area (Å²) in [6.07, 6.45) is 0.711. The maximum Gasteiger partial charge on any atom is 0.168 e. The lowest BCUT2D eigenvalue weighted by atomic mass is 10.1. The lowest BCUT2D eigenvalue weighted by molar-refractivity contribution is 0.111. The summed E-state index contributed by atoms with van der Waals surface area (Å²) >= 11 is 5.90. The molecule has 0 radical (unpaired) electrons. The SMILES string of the molecule is Cc1nc(C=O)cc(-c2cccc(Cl)c2)n1. The number of benzene rings is 1. The van der Waals surface area contributed by atoms with E-state index >= 15 is 0 Å². The molecular formula is C12H9ClN2O. The third kappa shape index (κ3) is 2.25. The average Bonchev–Trinajstić information content (AvgIpc) is 2.28. The van der Waals surface area contributed by atoms with Gasteiger partial charge in [-0.2, -0.15) is 0 Å². The molecule has 16 heavy (non-hydrogen) atoms. The molecule has 3 nitrogen and oxygen atoms in total. The van der Waals surface area contributed by atoms with E-state index in [4.69, 9.17) is 11.6 Å². The van der Waals surface area contributed by atoms with E-state index in [1.54, 1.807) is 25.1 Å². The number of rotatable bonds is 2. The fourth-order valence-corrected chi connectivity index (χ4v) is 1.64. The summed E-state index contributed by atoms with van der Waals surface area (Å²) in [7, 11) is 0. The summed E-state index contributed by atoms with van der Waals surface area (Å²) in [6.45, 7) is 1.75. The Morgan fingerprint density at radius 1 is 1.25 bits per heavy atom. The van der Waals surface area contributed by atoms with Gasteiger partial charge in [-0.25, -0.2) is 9.97 Å². The van der Waals surface area contributed by atoms with E-state index in [1.165, 1.54) is 0 Å². The van der Waals surface area contributed by atoms with Crippen LogP contribution in [0.5, 0.6) is 0 Å². The highest BCUT2D eigenvalue weighted by Gasteiger charge is 2.04. The van der Waals surface area contributed by atoms with Crippen molar-refractivity contribution in [1.82, 2.24) is 9.97 Å². The first-order valence-corrected chi connectivity index (χ1v) is 5.13. The number of carbonyl (C=O) groups is 1. The van der Waals surface area contributed by atoms with Crippen LogP contribution in [-0.2, 0) is 0 Å². The molecule has 0 atom stereocenters. The molecule has 0 fully saturated rings. The number of nitrogens with zero attached hydrogens (tertiary/aromatic N) is 2. The van der Waals surface area contributed by atoms with E-state index in [2.05, 4.69) is 9.97 Å². The van der Waals surface area contributed by atoms with Crippen LogP contribution < -0.4 is 0 Å². The van der Waals surface area contributed by atoms with Crippen LogP contribution in [0.3, 0.4) is 0 Å². The molecule has 1 aromatic carbocycles. The Kier molecular flexibility index (Phi) is 2.97. The van der Waals surface area contributed by atoms with Crippen molar-refractivity contribution in [2.75, 3.05) is 0 Å². The Morgan fingerprint density at radius 2 is 2.06 bits per heavy atom.